The fourth-order valence-electron chi connectivity index (χ4n) is 1.21. The van der Waals surface area contributed by atoms with Crippen molar-refractivity contribution >= 4 is 22.0 Å². The monoisotopic (exact) mass is 288 g/mol. The Morgan fingerprint density at radius 3 is 2.47 bits per heavy atom. The first-order chi connectivity index (χ1) is 8.78. The van der Waals surface area contributed by atoms with E-state index in [4.69, 9.17) is 5.11 Å². The predicted octanol–water partition coefficient (Wildman–Crippen LogP) is -0.427. The van der Waals surface area contributed by atoms with Crippen LogP contribution in [0.5, 0.6) is 0 Å². The molecule has 9 heteroatoms. The molecule has 0 aliphatic carbocycles. The average Bonchev–Trinajstić information content (AvgIpc) is 2.37. The van der Waals surface area contributed by atoms with Crippen LogP contribution in [-0.4, -0.2) is 55.5 Å². The van der Waals surface area contributed by atoms with Crippen molar-refractivity contribution in [1.82, 2.24) is 9.29 Å². The highest BCUT2D eigenvalue weighted by atomic mass is 32.2. The lowest BCUT2D eigenvalue weighted by Gasteiger charge is -2.14. The van der Waals surface area contributed by atoms with E-state index in [0.717, 1.165) is 19.3 Å². The van der Waals surface area contributed by atoms with E-state index in [1.165, 1.54) is 13.2 Å². The maximum atomic E-state index is 11.9. The SMILES string of the molecule is COC(=O)c1ccc(S(=O)(=O)N(C)CC(=O)O)cn1. The lowest BCUT2D eigenvalue weighted by atomic mass is 10.3. The highest BCUT2D eigenvalue weighted by molar-refractivity contribution is 7.89. The standard InChI is InChI=1S/C10H12N2O6S/c1-12(6-9(13)14)19(16,17)7-3-4-8(11-5-7)10(15)18-2/h3-5H,6H2,1-2H3,(H,13,14). The zero-order valence-corrected chi connectivity index (χ0v) is 11.0. The van der Waals surface area contributed by atoms with Gasteiger partial charge in [-0.15, -0.1) is 0 Å². The Labute approximate surface area is 109 Å². The second-order valence-electron chi connectivity index (χ2n) is 3.53. The molecule has 0 amide bonds. The molecule has 0 aliphatic rings. The second-order valence-corrected chi connectivity index (χ2v) is 5.57. The molecule has 0 fully saturated rings. The van der Waals surface area contributed by atoms with Gasteiger partial charge in [0.15, 0.2) is 0 Å². The Morgan fingerprint density at radius 2 is 2.05 bits per heavy atom. The zero-order valence-electron chi connectivity index (χ0n) is 10.2. The summed E-state index contributed by atoms with van der Waals surface area (Å²) in [5, 5.41) is 8.56. The normalized spacial score (nSPS) is 11.3. The van der Waals surface area contributed by atoms with Gasteiger partial charge in [0.2, 0.25) is 10.0 Å². The number of hydrogen-bond acceptors (Lipinski definition) is 6. The van der Waals surface area contributed by atoms with Crippen molar-refractivity contribution in [3.8, 4) is 0 Å². The lowest BCUT2D eigenvalue weighted by molar-refractivity contribution is -0.137. The van der Waals surface area contributed by atoms with Crippen LogP contribution in [0.15, 0.2) is 23.2 Å². The number of methoxy groups -OCH3 is 1. The molecule has 104 valence electrons. The number of aliphatic carboxylic acids is 1. The Morgan fingerprint density at radius 1 is 1.42 bits per heavy atom. The van der Waals surface area contributed by atoms with Crippen molar-refractivity contribution in [3.05, 3.63) is 24.0 Å². The molecule has 1 rings (SSSR count). The van der Waals surface area contributed by atoms with Gasteiger partial charge in [-0.2, -0.15) is 4.31 Å². The van der Waals surface area contributed by atoms with Crippen molar-refractivity contribution in [3.63, 3.8) is 0 Å². The number of pyridine rings is 1. The van der Waals surface area contributed by atoms with E-state index in [0.29, 0.717) is 4.31 Å². The molecule has 8 nitrogen and oxygen atoms in total. The highest BCUT2D eigenvalue weighted by Crippen LogP contribution is 2.13. The summed E-state index contributed by atoms with van der Waals surface area (Å²) in [6.45, 7) is -0.666. The van der Waals surface area contributed by atoms with Crippen LogP contribution < -0.4 is 0 Å². The number of hydrogen-bond donors (Lipinski definition) is 1. The van der Waals surface area contributed by atoms with Crippen LogP contribution in [0, 0.1) is 0 Å². The number of carbonyl (C=O) groups excluding carboxylic acids is 1. The summed E-state index contributed by atoms with van der Waals surface area (Å²) in [7, 11) is -1.63. The van der Waals surface area contributed by atoms with Gasteiger partial charge in [0, 0.05) is 13.2 Å². The predicted molar refractivity (Wildman–Crippen MR) is 63.0 cm³/mol. The second kappa shape index (κ2) is 5.76. The molecule has 0 bridgehead atoms. The van der Waals surface area contributed by atoms with Crippen LogP contribution in [0.2, 0.25) is 0 Å². The summed E-state index contributed by atoms with van der Waals surface area (Å²) in [6.07, 6.45) is 0.972. The van der Waals surface area contributed by atoms with Gasteiger partial charge in [0.25, 0.3) is 0 Å². The van der Waals surface area contributed by atoms with Crippen molar-refractivity contribution in [1.29, 1.82) is 0 Å². The number of likely N-dealkylation sites (N-methyl/N-ethyl adjacent to an activating group) is 1. The maximum absolute atomic E-state index is 11.9. The number of carboxylic acids is 1. The van der Waals surface area contributed by atoms with E-state index < -0.39 is 28.5 Å². The molecular weight excluding hydrogens is 276 g/mol. The molecule has 0 saturated heterocycles. The van der Waals surface area contributed by atoms with E-state index >= 15 is 0 Å². The molecule has 0 saturated carbocycles. The van der Waals surface area contributed by atoms with Crippen LogP contribution in [0.1, 0.15) is 10.5 Å². The topological polar surface area (TPSA) is 114 Å². The fourth-order valence-corrected chi connectivity index (χ4v) is 2.28. The summed E-state index contributed by atoms with van der Waals surface area (Å²) in [5.74, 6) is -1.96. The molecule has 1 N–H and O–H groups in total. The van der Waals surface area contributed by atoms with Gasteiger partial charge in [0.1, 0.15) is 17.1 Å². The molecule has 0 aliphatic heterocycles. The Hall–Kier alpha value is -2.00. The number of esters is 1. The van der Waals surface area contributed by atoms with Gasteiger partial charge >= 0.3 is 11.9 Å². The number of ether oxygens (including phenoxy) is 1. The molecule has 0 aromatic carbocycles. The first-order valence-corrected chi connectivity index (χ1v) is 6.45. The molecule has 0 atom stereocenters. The average molecular weight is 288 g/mol. The third-order valence-corrected chi connectivity index (χ3v) is 3.98. The minimum Gasteiger partial charge on any atom is -0.480 e. The number of carboxylic acid groups (broad SMARTS) is 1. The van der Waals surface area contributed by atoms with Gasteiger partial charge < -0.3 is 9.84 Å². The summed E-state index contributed by atoms with van der Waals surface area (Å²) >= 11 is 0. The smallest absolute Gasteiger partial charge is 0.356 e. The summed E-state index contributed by atoms with van der Waals surface area (Å²) in [4.78, 5) is 25.1. The summed E-state index contributed by atoms with van der Waals surface area (Å²) < 4.78 is 28.9. The van der Waals surface area contributed by atoms with Crippen LogP contribution in [0.3, 0.4) is 0 Å². The maximum Gasteiger partial charge on any atom is 0.356 e. The van der Waals surface area contributed by atoms with E-state index in [-0.39, 0.29) is 10.6 Å². The number of sulfonamides is 1. The lowest BCUT2D eigenvalue weighted by Crippen LogP contribution is -2.32. The van der Waals surface area contributed by atoms with Crippen molar-refractivity contribution < 1.29 is 27.9 Å². The number of nitrogens with zero attached hydrogens (tertiary/aromatic N) is 2. The van der Waals surface area contributed by atoms with Gasteiger partial charge in [-0.1, -0.05) is 0 Å². The Bertz CT molecular complexity index is 581. The first kappa shape index (κ1) is 15.1. The van der Waals surface area contributed by atoms with Crippen LogP contribution in [0.25, 0.3) is 0 Å². The van der Waals surface area contributed by atoms with Crippen LogP contribution >= 0.6 is 0 Å². The molecule has 1 aromatic rings. The molecule has 1 aromatic heterocycles. The van der Waals surface area contributed by atoms with E-state index in [1.54, 1.807) is 0 Å². The third kappa shape index (κ3) is 3.48. The van der Waals surface area contributed by atoms with Gasteiger partial charge in [-0.05, 0) is 12.1 Å². The van der Waals surface area contributed by atoms with Gasteiger partial charge in [0.05, 0.1) is 7.11 Å². The third-order valence-electron chi connectivity index (χ3n) is 2.20. The zero-order chi connectivity index (χ0) is 14.6. The van der Waals surface area contributed by atoms with E-state index in [1.807, 2.05) is 0 Å². The fraction of sp³-hybridized carbons (Fsp3) is 0.300. The molecule has 0 radical (unpaired) electrons. The van der Waals surface area contributed by atoms with Gasteiger partial charge in [-0.3, -0.25) is 4.79 Å². The first-order valence-electron chi connectivity index (χ1n) is 5.01. The minimum atomic E-state index is -3.95. The molecule has 0 unspecified atom stereocenters. The molecule has 1 heterocycles. The highest BCUT2D eigenvalue weighted by Gasteiger charge is 2.23. The van der Waals surface area contributed by atoms with Crippen molar-refractivity contribution in [2.24, 2.45) is 0 Å². The number of rotatable bonds is 5. The Kier molecular flexibility index (Phi) is 4.57. The Balaban J connectivity index is 3.03. The van der Waals surface area contributed by atoms with Crippen LogP contribution in [-0.2, 0) is 19.6 Å². The van der Waals surface area contributed by atoms with E-state index in [9.17, 15) is 18.0 Å². The van der Waals surface area contributed by atoms with Crippen LogP contribution in [0.4, 0.5) is 0 Å². The van der Waals surface area contributed by atoms with E-state index in [2.05, 4.69) is 9.72 Å². The van der Waals surface area contributed by atoms with Crippen molar-refractivity contribution in [2.45, 2.75) is 4.90 Å². The molecule has 19 heavy (non-hydrogen) atoms. The van der Waals surface area contributed by atoms with Gasteiger partial charge in [-0.25, -0.2) is 18.2 Å². The molecular formula is C10H12N2O6S. The summed E-state index contributed by atoms with van der Waals surface area (Å²) in [6, 6.07) is 2.35. The molecule has 0 spiro atoms. The van der Waals surface area contributed by atoms with Crippen molar-refractivity contribution in [2.75, 3.05) is 20.7 Å². The number of carbonyl (C=O) groups is 2. The number of aromatic nitrogens is 1. The minimum absolute atomic E-state index is 0.0395. The quantitative estimate of drug-likeness (QED) is 0.731. The largest absolute Gasteiger partial charge is 0.480 e. The summed E-state index contributed by atoms with van der Waals surface area (Å²) in [5.41, 5.74) is -0.0395.